The smallest absolute Gasteiger partial charge is 0.273 e. The molecule has 0 saturated heterocycles. The molecule has 0 spiro atoms. The van der Waals surface area contributed by atoms with Crippen LogP contribution in [0.2, 0.25) is 0 Å². The van der Waals surface area contributed by atoms with Gasteiger partial charge < -0.3 is 9.84 Å². The second-order valence-corrected chi connectivity index (χ2v) is 5.04. The van der Waals surface area contributed by atoms with Crippen LogP contribution in [0.15, 0.2) is 46.9 Å². The van der Waals surface area contributed by atoms with E-state index in [1.54, 1.807) is 37.3 Å². The molecule has 1 N–H and O–H groups in total. The van der Waals surface area contributed by atoms with Crippen molar-refractivity contribution in [1.29, 1.82) is 0 Å². The molecule has 2 aromatic rings. The van der Waals surface area contributed by atoms with Crippen LogP contribution in [0.5, 0.6) is 11.5 Å². The van der Waals surface area contributed by atoms with Crippen LogP contribution in [0, 0.1) is 10.1 Å². The predicted molar refractivity (Wildman–Crippen MR) is 77.9 cm³/mol. The van der Waals surface area contributed by atoms with E-state index in [0.29, 0.717) is 21.5 Å². The Hall–Kier alpha value is -1.92. The van der Waals surface area contributed by atoms with E-state index in [1.807, 2.05) is 0 Å². The fraction of sp³-hybridized carbons (Fsp3) is 0.143. The first kappa shape index (κ1) is 14.5. The lowest BCUT2D eigenvalue weighted by atomic mass is 10.1. The van der Waals surface area contributed by atoms with E-state index in [0.717, 1.165) is 0 Å². The number of hydrogen-bond acceptors (Lipinski definition) is 4. The first-order chi connectivity index (χ1) is 9.49. The maximum Gasteiger partial charge on any atom is 0.273 e. The number of aliphatic hydroxyl groups is 1. The Morgan fingerprint density at radius 1 is 1.25 bits per heavy atom. The van der Waals surface area contributed by atoms with Crippen molar-refractivity contribution >= 4 is 21.6 Å². The number of ether oxygens (including phenoxy) is 1. The van der Waals surface area contributed by atoms with Crippen molar-refractivity contribution in [2.45, 2.75) is 13.0 Å². The van der Waals surface area contributed by atoms with Gasteiger partial charge in [0.2, 0.25) is 0 Å². The molecule has 0 bridgehead atoms. The van der Waals surface area contributed by atoms with Gasteiger partial charge in [0.15, 0.2) is 0 Å². The number of nitro benzene ring substituents is 1. The maximum atomic E-state index is 10.8. The summed E-state index contributed by atoms with van der Waals surface area (Å²) in [5.74, 6) is 0.788. The summed E-state index contributed by atoms with van der Waals surface area (Å²) in [6, 6.07) is 11.3. The SMILES string of the molecule is CC(O)c1ccccc1Oc1cc([N+](=O)[O-])ccc1Br. The molecule has 0 radical (unpaired) electrons. The van der Waals surface area contributed by atoms with Gasteiger partial charge in [-0.3, -0.25) is 10.1 Å². The van der Waals surface area contributed by atoms with E-state index in [9.17, 15) is 15.2 Å². The van der Waals surface area contributed by atoms with Gasteiger partial charge in [-0.25, -0.2) is 0 Å². The normalized spacial score (nSPS) is 11.9. The fourth-order valence-electron chi connectivity index (χ4n) is 1.72. The third-order valence-electron chi connectivity index (χ3n) is 2.71. The van der Waals surface area contributed by atoms with Gasteiger partial charge in [-0.1, -0.05) is 18.2 Å². The summed E-state index contributed by atoms with van der Waals surface area (Å²) in [7, 11) is 0. The van der Waals surface area contributed by atoms with E-state index in [1.165, 1.54) is 12.1 Å². The average molecular weight is 338 g/mol. The highest BCUT2D eigenvalue weighted by Crippen LogP contribution is 2.35. The minimum atomic E-state index is -0.691. The maximum absolute atomic E-state index is 10.8. The van der Waals surface area contributed by atoms with Gasteiger partial charge in [-0.2, -0.15) is 0 Å². The molecule has 0 amide bonds. The minimum absolute atomic E-state index is 0.0577. The molecule has 0 saturated carbocycles. The predicted octanol–water partition coefficient (Wildman–Crippen LogP) is 4.20. The second-order valence-electron chi connectivity index (χ2n) is 4.19. The number of hydrogen-bond donors (Lipinski definition) is 1. The van der Waals surface area contributed by atoms with Gasteiger partial charge in [-0.05, 0) is 35.0 Å². The van der Waals surface area contributed by atoms with Gasteiger partial charge in [0.1, 0.15) is 11.5 Å². The lowest BCUT2D eigenvalue weighted by Gasteiger charge is -2.13. The van der Waals surface area contributed by atoms with Crippen LogP contribution >= 0.6 is 15.9 Å². The Kier molecular flexibility index (Phi) is 4.36. The monoisotopic (exact) mass is 337 g/mol. The third kappa shape index (κ3) is 3.15. The summed E-state index contributed by atoms with van der Waals surface area (Å²) in [6.07, 6.45) is -0.691. The molecule has 0 aliphatic rings. The van der Waals surface area contributed by atoms with Crippen molar-refractivity contribution < 1.29 is 14.8 Å². The quantitative estimate of drug-likeness (QED) is 0.670. The molecule has 104 valence electrons. The molecule has 0 heterocycles. The summed E-state index contributed by atoms with van der Waals surface area (Å²) in [5.41, 5.74) is 0.559. The third-order valence-corrected chi connectivity index (χ3v) is 3.37. The van der Waals surface area contributed by atoms with Gasteiger partial charge in [-0.15, -0.1) is 0 Å². The number of rotatable bonds is 4. The molecule has 5 nitrogen and oxygen atoms in total. The van der Waals surface area contributed by atoms with Crippen molar-refractivity contribution in [1.82, 2.24) is 0 Å². The lowest BCUT2D eigenvalue weighted by Crippen LogP contribution is -1.97. The van der Waals surface area contributed by atoms with Crippen molar-refractivity contribution in [3.8, 4) is 11.5 Å². The molecule has 20 heavy (non-hydrogen) atoms. The lowest BCUT2D eigenvalue weighted by molar-refractivity contribution is -0.384. The molecule has 0 aliphatic heterocycles. The van der Waals surface area contributed by atoms with Crippen LogP contribution in [0.25, 0.3) is 0 Å². The number of nitro groups is 1. The number of benzene rings is 2. The van der Waals surface area contributed by atoms with Crippen molar-refractivity contribution in [3.05, 3.63) is 62.6 Å². The van der Waals surface area contributed by atoms with E-state index in [4.69, 9.17) is 4.74 Å². The highest BCUT2D eigenvalue weighted by Gasteiger charge is 2.14. The molecule has 2 aromatic carbocycles. The summed E-state index contributed by atoms with van der Waals surface area (Å²) >= 11 is 3.29. The van der Waals surface area contributed by atoms with Gasteiger partial charge in [0.05, 0.1) is 21.6 Å². The van der Waals surface area contributed by atoms with E-state index in [2.05, 4.69) is 15.9 Å². The number of para-hydroxylation sites is 1. The first-order valence-corrected chi connectivity index (χ1v) is 6.67. The second kappa shape index (κ2) is 6.02. The molecule has 1 unspecified atom stereocenters. The Bertz CT molecular complexity index is 643. The number of aliphatic hydroxyl groups excluding tert-OH is 1. The van der Waals surface area contributed by atoms with Crippen LogP contribution in [0.3, 0.4) is 0 Å². The Labute approximate surface area is 124 Å². The van der Waals surface area contributed by atoms with Crippen LogP contribution in [0.1, 0.15) is 18.6 Å². The number of non-ortho nitro benzene ring substituents is 1. The van der Waals surface area contributed by atoms with E-state index in [-0.39, 0.29) is 5.69 Å². The average Bonchev–Trinajstić information content (AvgIpc) is 2.41. The summed E-state index contributed by atoms with van der Waals surface area (Å²) in [5, 5.41) is 20.5. The summed E-state index contributed by atoms with van der Waals surface area (Å²) in [4.78, 5) is 10.3. The molecular formula is C14H12BrNO4. The van der Waals surface area contributed by atoms with Crippen molar-refractivity contribution in [2.24, 2.45) is 0 Å². The van der Waals surface area contributed by atoms with Crippen LogP contribution < -0.4 is 4.74 Å². The zero-order valence-electron chi connectivity index (χ0n) is 10.6. The van der Waals surface area contributed by atoms with Gasteiger partial charge in [0.25, 0.3) is 5.69 Å². The Balaban J connectivity index is 2.40. The number of halogens is 1. The molecule has 0 aliphatic carbocycles. The van der Waals surface area contributed by atoms with Gasteiger partial charge >= 0.3 is 0 Å². The first-order valence-electron chi connectivity index (χ1n) is 5.88. The van der Waals surface area contributed by atoms with E-state index >= 15 is 0 Å². The number of nitrogens with zero attached hydrogens (tertiary/aromatic N) is 1. The molecule has 0 fully saturated rings. The highest BCUT2D eigenvalue weighted by atomic mass is 79.9. The molecule has 1 atom stereocenters. The summed E-state index contributed by atoms with van der Waals surface area (Å²) in [6.45, 7) is 1.63. The summed E-state index contributed by atoms with van der Waals surface area (Å²) < 4.78 is 6.28. The standard InChI is InChI=1S/C14H12BrNO4/c1-9(17)11-4-2-3-5-13(11)20-14-8-10(16(18)19)6-7-12(14)15/h2-9,17H,1H3. The Morgan fingerprint density at radius 3 is 2.60 bits per heavy atom. The highest BCUT2D eigenvalue weighted by molar-refractivity contribution is 9.10. The van der Waals surface area contributed by atoms with Crippen LogP contribution in [-0.4, -0.2) is 10.0 Å². The van der Waals surface area contributed by atoms with Gasteiger partial charge in [0, 0.05) is 11.6 Å². The zero-order chi connectivity index (χ0) is 14.7. The fourth-order valence-corrected chi connectivity index (χ4v) is 2.05. The Morgan fingerprint density at radius 2 is 1.95 bits per heavy atom. The van der Waals surface area contributed by atoms with E-state index < -0.39 is 11.0 Å². The molecule has 2 rings (SSSR count). The molecule has 0 aromatic heterocycles. The van der Waals surface area contributed by atoms with Crippen LogP contribution in [0.4, 0.5) is 5.69 Å². The minimum Gasteiger partial charge on any atom is -0.456 e. The van der Waals surface area contributed by atoms with Crippen molar-refractivity contribution in [3.63, 3.8) is 0 Å². The van der Waals surface area contributed by atoms with Crippen LogP contribution in [-0.2, 0) is 0 Å². The largest absolute Gasteiger partial charge is 0.456 e. The zero-order valence-corrected chi connectivity index (χ0v) is 12.2. The molecule has 6 heteroatoms. The topological polar surface area (TPSA) is 72.6 Å². The molecular weight excluding hydrogens is 326 g/mol. The van der Waals surface area contributed by atoms with Crippen molar-refractivity contribution in [2.75, 3.05) is 0 Å².